The van der Waals surface area contributed by atoms with E-state index in [0.29, 0.717) is 0 Å². The molecule has 0 spiro atoms. The molecule has 0 amide bonds. The number of hydrogen-bond acceptors (Lipinski definition) is 0. The van der Waals surface area contributed by atoms with Crippen LogP contribution in [0.2, 0.25) is 0 Å². The second kappa shape index (κ2) is 9.09. The predicted octanol–water partition coefficient (Wildman–Crippen LogP) is 4.78. The Bertz CT molecular complexity index is 76.1. The van der Waals surface area contributed by atoms with Crippen molar-refractivity contribution in [2.24, 2.45) is 5.92 Å². The van der Waals surface area contributed by atoms with Crippen molar-refractivity contribution in [3.63, 3.8) is 0 Å². The first-order valence-electron chi connectivity index (χ1n) is 5.85. The third-order valence-corrected chi connectivity index (χ3v) is 2.74. The van der Waals surface area contributed by atoms with Crippen LogP contribution in [0.25, 0.3) is 0 Å². The summed E-state index contributed by atoms with van der Waals surface area (Å²) in [5.41, 5.74) is 0. The maximum absolute atomic E-state index is 2.33. The van der Waals surface area contributed by atoms with Crippen molar-refractivity contribution in [1.29, 1.82) is 0 Å². The van der Waals surface area contributed by atoms with Gasteiger partial charge in [-0.25, -0.2) is 0 Å². The number of rotatable bonds is 8. The van der Waals surface area contributed by atoms with Crippen LogP contribution >= 0.6 is 0 Å². The Hall–Kier alpha value is 0. The van der Waals surface area contributed by atoms with Gasteiger partial charge in [0, 0.05) is 0 Å². The average molecular weight is 170 g/mol. The van der Waals surface area contributed by atoms with Gasteiger partial charge in [0.05, 0.1) is 0 Å². The van der Waals surface area contributed by atoms with Gasteiger partial charge in [0.25, 0.3) is 0 Å². The quantitative estimate of drug-likeness (QED) is 0.460. The van der Waals surface area contributed by atoms with Gasteiger partial charge in [-0.05, 0) is 5.92 Å². The molecule has 12 heavy (non-hydrogen) atoms. The summed E-state index contributed by atoms with van der Waals surface area (Å²) < 4.78 is 0. The first-order chi connectivity index (χ1) is 5.85. The van der Waals surface area contributed by atoms with Crippen LogP contribution in [0.3, 0.4) is 0 Å². The molecule has 0 aliphatic heterocycles. The minimum absolute atomic E-state index is 1.02. The van der Waals surface area contributed by atoms with Crippen LogP contribution in [-0.2, 0) is 0 Å². The second-order valence-electron chi connectivity index (χ2n) is 3.91. The van der Waals surface area contributed by atoms with E-state index in [2.05, 4.69) is 20.8 Å². The highest BCUT2D eigenvalue weighted by molar-refractivity contribution is 4.56. The molecule has 0 bridgehead atoms. The van der Waals surface area contributed by atoms with E-state index >= 15 is 0 Å². The molecule has 0 saturated heterocycles. The van der Waals surface area contributed by atoms with E-state index in [1.54, 1.807) is 0 Å². The molecule has 0 saturated carbocycles. The highest BCUT2D eigenvalue weighted by Crippen LogP contribution is 2.18. The molecule has 0 heterocycles. The molecule has 0 aromatic rings. The zero-order chi connectivity index (χ0) is 9.23. The highest BCUT2D eigenvalue weighted by Gasteiger charge is 2.03. The molecule has 0 aromatic carbocycles. The Morgan fingerprint density at radius 2 is 1.50 bits per heavy atom. The van der Waals surface area contributed by atoms with Crippen LogP contribution in [-0.4, -0.2) is 0 Å². The van der Waals surface area contributed by atoms with Gasteiger partial charge in [-0.2, -0.15) is 0 Å². The van der Waals surface area contributed by atoms with Crippen molar-refractivity contribution < 1.29 is 0 Å². The molecule has 1 atom stereocenters. The summed E-state index contributed by atoms with van der Waals surface area (Å²) >= 11 is 0. The molecule has 0 heteroatoms. The van der Waals surface area contributed by atoms with E-state index in [4.69, 9.17) is 0 Å². The molecule has 74 valence electrons. The van der Waals surface area contributed by atoms with Crippen molar-refractivity contribution in [2.75, 3.05) is 0 Å². The Labute approximate surface area is 78.8 Å². The van der Waals surface area contributed by atoms with Crippen LogP contribution in [0.15, 0.2) is 0 Å². The van der Waals surface area contributed by atoms with Gasteiger partial charge in [-0.1, -0.05) is 72.1 Å². The predicted molar refractivity (Wildman–Crippen MR) is 57.4 cm³/mol. The van der Waals surface area contributed by atoms with E-state index in [-0.39, 0.29) is 0 Å². The molecule has 0 aliphatic rings. The molecule has 0 rings (SSSR count). The van der Waals surface area contributed by atoms with Crippen LogP contribution in [0, 0.1) is 5.92 Å². The van der Waals surface area contributed by atoms with E-state index in [9.17, 15) is 0 Å². The SMILES string of the molecule is CCCCCC[C@H](CC)CCC. The Morgan fingerprint density at radius 1 is 0.750 bits per heavy atom. The molecule has 0 nitrogen and oxygen atoms in total. The first-order valence-corrected chi connectivity index (χ1v) is 5.85. The summed E-state index contributed by atoms with van der Waals surface area (Å²) in [7, 11) is 0. The van der Waals surface area contributed by atoms with Gasteiger partial charge in [0.15, 0.2) is 0 Å². The lowest BCUT2D eigenvalue weighted by Crippen LogP contribution is -1.97. The Kier molecular flexibility index (Phi) is 9.09. The largest absolute Gasteiger partial charge is 0.0654 e. The molecule has 0 aliphatic carbocycles. The summed E-state index contributed by atoms with van der Waals surface area (Å²) in [6.45, 7) is 6.91. The highest BCUT2D eigenvalue weighted by atomic mass is 14.1. The average Bonchev–Trinajstić information content (AvgIpc) is 2.10. The lowest BCUT2D eigenvalue weighted by molar-refractivity contribution is 0.410. The Morgan fingerprint density at radius 3 is 2.00 bits per heavy atom. The molecule has 0 fully saturated rings. The Balaban J connectivity index is 3.19. The maximum Gasteiger partial charge on any atom is -0.0417 e. The van der Waals surface area contributed by atoms with Crippen LogP contribution in [0.5, 0.6) is 0 Å². The van der Waals surface area contributed by atoms with Crippen LogP contribution in [0.4, 0.5) is 0 Å². The number of unbranched alkanes of at least 4 members (excludes halogenated alkanes) is 3. The van der Waals surface area contributed by atoms with Gasteiger partial charge in [-0.15, -0.1) is 0 Å². The smallest absolute Gasteiger partial charge is 0.0417 e. The van der Waals surface area contributed by atoms with Crippen molar-refractivity contribution in [2.45, 2.75) is 72.1 Å². The summed E-state index contributed by atoms with van der Waals surface area (Å²) in [6.07, 6.45) is 11.4. The van der Waals surface area contributed by atoms with Crippen LogP contribution < -0.4 is 0 Å². The number of hydrogen-bond donors (Lipinski definition) is 0. The minimum Gasteiger partial charge on any atom is -0.0654 e. The van der Waals surface area contributed by atoms with Crippen molar-refractivity contribution in [3.05, 3.63) is 0 Å². The van der Waals surface area contributed by atoms with Gasteiger partial charge in [-0.3, -0.25) is 0 Å². The van der Waals surface area contributed by atoms with E-state index in [1.165, 1.54) is 51.4 Å². The monoisotopic (exact) mass is 170 g/mol. The fourth-order valence-corrected chi connectivity index (χ4v) is 1.82. The summed E-state index contributed by atoms with van der Waals surface area (Å²) in [6, 6.07) is 0. The fourth-order valence-electron chi connectivity index (χ4n) is 1.82. The minimum atomic E-state index is 1.02. The zero-order valence-corrected chi connectivity index (χ0v) is 9.23. The van der Waals surface area contributed by atoms with Crippen LogP contribution in [0.1, 0.15) is 72.1 Å². The fraction of sp³-hybridized carbons (Fsp3) is 1.00. The zero-order valence-electron chi connectivity index (χ0n) is 9.23. The van der Waals surface area contributed by atoms with E-state index in [1.807, 2.05) is 0 Å². The third-order valence-electron chi connectivity index (χ3n) is 2.74. The lowest BCUT2D eigenvalue weighted by Gasteiger charge is -2.12. The molecular formula is C12H26. The normalized spacial score (nSPS) is 13.2. The maximum atomic E-state index is 2.33. The lowest BCUT2D eigenvalue weighted by atomic mass is 9.94. The second-order valence-corrected chi connectivity index (χ2v) is 3.91. The standard InChI is InChI=1S/C12H26/c1-4-7-8-9-11-12(6-3)10-5-2/h12H,4-11H2,1-3H3/t12-/m1/s1. The van der Waals surface area contributed by atoms with Crippen molar-refractivity contribution in [1.82, 2.24) is 0 Å². The van der Waals surface area contributed by atoms with Gasteiger partial charge >= 0.3 is 0 Å². The topological polar surface area (TPSA) is 0 Å². The first kappa shape index (κ1) is 12.0. The molecule has 0 unspecified atom stereocenters. The van der Waals surface area contributed by atoms with Gasteiger partial charge in [0.1, 0.15) is 0 Å². The van der Waals surface area contributed by atoms with Gasteiger partial charge in [0.2, 0.25) is 0 Å². The summed E-state index contributed by atoms with van der Waals surface area (Å²) in [5, 5.41) is 0. The molecule has 0 radical (unpaired) electrons. The molecule has 0 N–H and O–H groups in total. The van der Waals surface area contributed by atoms with Crippen molar-refractivity contribution >= 4 is 0 Å². The molecule has 0 aromatic heterocycles. The summed E-state index contributed by atoms with van der Waals surface area (Å²) in [5.74, 6) is 1.02. The van der Waals surface area contributed by atoms with E-state index in [0.717, 1.165) is 5.92 Å². The summed E-state index contributed by atoms with van der Waals surface area (Å²) in [4.78, 5) is 0. The molecular weight excluding hydrogens is 144 g/mol. The van der Waals surface area contributed by atoms with Gasteiger partial charge < -0.3 is 0 Å². The van der Waals surface area contributed by atoms with E-state index < -0.39 is 0 Å². The third kappa shape index (κ3) is 6.69. The van der Waals surface area contributed by atoms with Crippen molar-refractivity contribution in [3.8, 4) is 0 Å².